The second-order valence-corrected chi connectivity index (χ2v) is 10.0. The number of carbonyl (C=O) groups is 2. The summed E-state index contributed by atoms with van der Waals surface area (Å²) in [6.07, 6.45) is -0.901. The van der Waals surface area contributed by atoms with E-state index in [-0.39, 0.29) is 31.5 Å². The highest BCUT2D eigenvalue weighted by molar-refractivity contribution is 5.94. The van der Waals surface area contributed by atoms with Crippen molar-refractivity contribution in [3.05, 3.63) is 82.7 Å². The van der Waals surface area contributed by atoms with Crippen molar-refractivity contribution in [1.29, 1.82) is 0 Å². The molecule has 1 amide bonds. The monoisotopic (exact) mass is 564 g/mol. The number of fused-ring (bicyclic) bond motifs is 1. The summed E-state index contributed by atoms with van der Waals surface area (Å²) in [4.78, 5) is 27.3. The van der Waals surface area contributed by atoms with Gasteiger partial charge in [-0.2, -0.15) is 0 Å². The Bertz CT molecular complexity index is 1420. The summed E-state index contributed by atoms with van der Waals surface area (Å²) in [5.41, 5.74) is 4.07. The molecule has 10 heteroatoms. The Morgan fingerprint density at radius 1 is 1.02 bits per heavy atom. The summed E-state index contributed by atoms with van der Waals surface area (Å²) in [7, 11) is 1.37. The van der Waals surface area contributed by atoms with Crippen LogP contribution >= 0.6 is 0 Å². The SMILES string of the molecule is CCc1cccc(CC)c1NC(=O)CN1C[C@H](c2ccc3c(c2)OCO3)[C@H](OC(=O)O)[C@H]1c1ccc(OC)c(F)c1. The summed E-state index contributed by atoms with van der Waals surface area (Å²) >= 11 is 0. The van der Waals surface area contributed by atoms with Crippen LogP contribution in [0.1, 0.15) is 48.1 Å². The predicted molar refractivity (Wildman–Crippen MR) is 149 cm³/mol. The van der Waals surface area contributed by atoms with Gasteiger partial charge in [0.05, 0.1) is 19.7 Å². The second kappa shape index (κ2) is 12.1. The number of para-hydroxylation sites is 1. The molecule has 9 nitrogen and oxygen atoms in total. The number of rotatable bonds is 9. The van der Waals surface area contributed by atoms with E-state index in [0.717, 1.165) is 35.2 Å². The first-order valence-electron chi connectivity index (χ1n) is 13.6. The number of nitrogens with one attached hydrogen (secondary N) is 1. The number of ether oxygens (including phenoxy) is 4. The molecule has 3 aromatic rings. The molecule has 0 spiro atoms. The van der Waals surface area contributed by atoms with Gasteiger partial charge in [0.2, 0.25) is 12.7 Å². The summed E-state index contributed by atoms with van der Waals surface area (Å²) in [5, 5.41) is 12.8. The molecule has 2 heterocycles. The molecule has 5 rings (SSSR count). The van der Waals surface area contributed by atoms with Gasteiger partial charge in [-0.15, -0.1) is 0 Å². The molecule has 2 aliphatic rings. The Hall–Kier alpha value is -4.31. The van der Waals surface area contributed by atoms with Gasteiger partial charge in [0, 0.05) is 18.2 Å². The molecule has 3 aromatic carbocycles. The van der Waals surface area contributed by atoms with Gasteiger partial charge in [0.1, 0.15) is 6.10 Å². The largest absolute Gasteiger partial charge is 0.506 e. The van der Waals surface area contributed by atoms with Crippen LogP contribution in [0.2, 0.25) is 0 Å². The van der Waals surface area contributed by atoms with Gasteiger partial charge in [-0.05, 0) is 59.4 Å². The summed E-state index contributed by atoms with van der Waals surface area (Å²) in [6.45, 7) is 4.36. The first-order chi connectivity index (χ1) is 19.8. The van der Waals surface area contributed by atoms with E-state index < -0.39 is 30.0 Å². The highest BCUT2D eigenvalue weighted by atomic mass is 19.1. The zero-order valence-corrected chi connectivity index (χ0v) is 23.2. The van der Waals surface area contributed by atoms with Gasteiger partial charge >= 0.3 is 6.16 Å². The third-order valence-electron chi connectivity index (χ3n) is 7.72. The topological polar surface area (TPSA) is 107 Å². The lowest BCUT2D eigenvalue weighted by atomic mass is 9.90. The molecule has 0 unspecified atom stereocenters. The number of nitrogens with zero attached hydrogens (tertiary/aromatic N) is 1. The van der Waals surface area contributed by atoms with Gasteiger partial charge in [-0.25, -0.2) is 9.18 Å². The van der Waals surface area contributed by atoms with Crippen LogP contribution in [0.3, 0.4) is 0 Å². The Morgan fingerprint density at radius 2 is 1.73 bits per heavy atom. The predicted octanol–water partition coefficient (Wildman–Crippen LogP) is 5.53. The summed E-state index contributed by atoms with van der Waals surface area (Å²) in [6, 6.07) is 15.0. The molecule has 0 saturated carbocycles. The van der Waals surface area contributed by atoms with Crippen LogP contribution in [0, 0.1) is 5.82 Å². The standard InChI is InChI=1S/C31H33FN2O7/c1-4-18-7-6-8-19(5-2)28(18)33-27(35)16-34-15-22(20-9-12-25-26(14-20)40-17-39-25)30(41-31(36)37)29(34)21-10-11-24(38-3)23(32)13-21/h6-14,22,29-30H,4-5,15-17H2,1-3H3,(H,33,35)(H,36,37)/t22-,29-,30+/m1/s1. The number of amides is 1. The minimum atomic E-state index is -1.46. The number of anilines is 1. The average molecular weight is 565 g/mol. The zero-order valence-electron chi connectivity index (χ0n) is 23.2. The van der Waals surface area contributed by atoms with Crippen molar-refractivity contribution >= 4 is 17.7 Å². The van der Waals surface area contributed by atoms with Crippen LogP contribution in [0.15, 0.2) is 54.6 Å². The molecule has 1 saturated heterocycles. The van der Waals surface area contributed by atoms with Crippen LogP contribution < -0.4 is 19.5 Å². The molecular weight excluding hydrogens is 531 g/mol. The minimum absolute atomic E-state index is 0.0577. The number of carboxylic acid groups (broad SMARTS) is 1. The fourth-order valence-electron chi connectivity index (χ4n) is 5.80. The third kappa shape index (κ3) is 5.78. The van der Waals surface area contributed by atoms with E-state index in [0.29, 0.717) is 17.1 Å². The fraction of sp³-hybridized carbons (Fsp3) is 0.355. The maximum atomic E-state index is 14.9. The van der Waals surface area contributed by atoms with Crippen LogP contribution in [0.5, 0.6) is 17.2 Å². The van der Waals surface area contributed by atoms with Crippen LogP contribution in [-0.4, -0.2) is 55.2 Å². The van der Waals surface area contributed by atoms with E-state index in [1.165, 1.54) is 19.2 Å². The van der Waals surface area contributed by atoms with Crippen molar-refractivity contribution in [2.45, 2.75) is 44.8 Å². The van der Waals surface area contributed by atoms with Gasteiger partial charge in [0.15, 0.2) is 23.1 Å². The van der Waals surface area contributed by atoms with E-state index in [9.17, 15) is 19.1 Å². The van der Waals surface area contributed by atoms with Gasteiger partial charge in [-0.3, -0.25) is 9.69 Å². The van der Waals surface area contributed by atoms with Crippen LogP contribution in [0.25, 0.3) is 0 Å². The summed E-state index contributed by atoms with van der Waals surface area (Å²) < 4.78 is 36.4. The van der Waals surface area contributed by atoms with Gasteiger partial charge in [0.25, 0.3) is 0 Å². The lowest BCUT2D eigenvalue weighted by molar-refractivity contribution is -0.117. The number of likely N-dealkylation sites (tertiary alicyclic amines) is 1. The van der Waals surface area contributed by atoms with Crippen molar-refractivity contribution in [2.75, 3.05) is 32.3 Å². The maximum Gasteiger partial charge on any atom is 0.506 e. The minimum Gasteiger partial charge on any atom is -0.494 e. The van der Waals surface area contributed by atoms with Crippen LogP contribution in [-0.2, 0) is 22.4 Å². The van der Waals surface area contributed by atoms with E-state index in [1.54, 1.807) is 18.2 Å². The van der Waals surface area contributed by atoms with E-state index >= 15 is 0 Å². The van der Waals surface area contributed by atoms with Gasteiger partial charge < -0.3 is 29.4 Å². The van der Waals surface area contributed by atoms with Crippen molar-refractivity contribution in [1.82, 2.24) is 4.90 Å². The molecule has 2 aliphatic heterocycles. The Balaban J connectivity index is 1.52. The molecule has 216 valence electrons. The maximum absolute atomic E-state index is 14.9. The van der Waals surface area contributed by atoms with Crippen molar-refractivity contribution in [2.24, 2.45) is 0 Å². The highest BCUT2D eigenvalue weighted by Gasteiger charge is 2.47. The summed E-state index contributed by atoms with van der Waals surface area (Å²) in [5.74, 6) is -0.142. The Kier molecular flexibility index (Phi) is 8.30. The number of methoxy groups -OCH3 is 1. The highest BCUT2D eigenvalue weighted by Crippen LogP contribution is 2.45. The molecule has 0 bridgehead atoms. The third-order valence-corrected chi connectivity index (χ3v) is 7.72. The zero-order chi connectivity index (χ0) is 29.1. The molecule has 0 aromatic heterocycles. The normalized spacial score (nSPS) is 19.7. The van der Waals surface area contributed by atoms with Gasteiger partial charge in [-0.1, -0.05) is 44.2 Å². The molecule has 3 atom stereocenters. The Morgan fingerprint density at radius 3 is 2.39 bits per heavy atom. The number of halogens is 1. The van der Waals surface area contributed by atoms with E-state index in [1.807, 2.05) is 43.0 Å². The number of benzene rings is 3. The quantitative estimate of drug-likeness (QED) is 0.327. The molecule has 2 N–H and O–H groups in total. The molecule has 0 aliphatic carbocycles. The Labute approximate surface area is 237 Å². The molecule has 1 fully saturated rings. The fourth-order valence-corrected chi connectivity index (χ4v) is 5.80. The first-order valence-corrected chi connectivity index (χ1v) is 13.6. The first kappa shape index (κ1) is 28.2. The number of hydrogen-bond acceptors (Lipinski definition) is 7. The molecule has 41 heavy (non-hydrogen) atoms. The number of hydrogen-bond donors (Lipinski definition) is 2. The van der Waals surface area contributed by atoms with E-state index in [4.69, 9.17) is 18.9 Å². The van der Waals surface area contributed by atoms with E-state index in [2.05, 4.69) is 5.32 Å². The number of aryl methyl sites for hydroxylation is 2. The molecule has 0 radical (unpaired) electrons. The average Bonchev–Trinajstić information content (AvgIpc) is 3.56. The smallest absolute Gasteiger partial charge is 0.494 e. The van der Waals surface area contributed by atoms with Crippen LogP contribution in [0.4, 0.5) is 14.9 Å². The lowest BCUT2D eigenvalue weighted by Gasteiger charge is -2.28. The van der Waals surface area contributed by atoms with Crippen molar-refractivity contribution in [3.63, 3.8) is 0 Å². The molecular formula is C31H33FN2O7. The second-order valence-electron chi connectivity index (χ2n) is 10.0. The van der Waals surface area contributed by atoms with Crippen molar-refractivity contribution < 1.29 is 38.0 Å². The number of carbonyl (C=O) groups excluding carboxylic acids is 1. The van der Waals surface area contributed by atoms with Crippen molar-refractivity contribution in [3.8, 4) is 17.2 Å². The lowest BCUT2D eigenvalue weighted by Crippen LogP contribution is -2.36.